The Labute approximate surface area is 132 Å². The van der Waals surface area contributed by atoms with E-state index in [1.54, 1.807) is 12.1 Å². The minimum absolute atomic E-state index is 0.0615. The minimum Gasteiger partial charge on any atom is -0.389 e. The molecular formula is C13H17BrClNO3S. The minimum atomic E-state index is -3.69. The normalized spacial score (nSPS) is 18.6. The third-order valence-electron chi connectivity index (χ3n) is 3.63. The van der Waals surface area contributed by atoms with Crippen molar-refractivity contribution in [2.24, 2.45) is 0 Å². The Balaban J connectivity index is 2.25. The van der Waals surface area contributed by atoms with Gasteiger partial charge in [0.15, 0.2) is 0 Å². The highest BCUT2D eigenvalue weighted by atomic mass is 79.9. The van der Waals surface area contributed by atoms with Crippen molar-refractivity contribution in [3.05, 3.63) is 27.7 Å². The molecule has 0 unspecified atom stereocenters. The summed E-state index contributed by atoms with van der Waals surface area (Å²) < 4.78 is 26.9. The number of rotatable bonds is 4. The Morgan fingerprint density at radius 3 is 2.55 bits per heavy atom. The van der Waals surface area contributed by atoms with E-state index < -0.39 is 15.6 Å². The number of hydrogen-bond donors (Lipinski definition) is 1. The van der Waals surface area contributed by atoms with E-state index in [1.165, 1.54) is 17.4 Å². The van der Waals surface area contributed by atoms with E-state index in [-0.39, 0.29) is 16.5 Å². The molecular weight excluding hydrogens is 366 g/mol. The van der Waals surface area contributed by atoms with Crippen LogP contribution in [0.1, 0.15) is 25.7 Å². The van der Waals surface area contributed by atoms with Crippen molar-refractivity contribution < 1.29 is 13.5 Å². The first-order valence-corrected chi connectivity index (χ1v) is 8.99. The van der Waals surface area contributed by atoms with Crippen LogP contribution in [0.5, 0.6) is 0 Å². The summed E-state index contributed by atoms with van der Waals surface area (Å²) >= 11 is 9.26. The largest absolute Gasteiger partial charge is 0.389 e. The van der Waals surface area contributed by atoms with Gasteiger partial charge in [-0.2, -0.15) is 4.31 Å². The molecule has 0 saturated heterocycles. The summed E-state index contributed by atoms with van der Waals surface area (Å²) in [6, 6.07) is 4.65. The first kappa shape index (κ1) is 16.2. The fourth-order valence-electron chi connectivity index (χ4n) is 2.54. The standard InChI is InChI=1S/C13H17BrClNO3S/c1-16(9-13(17)6-2-3-7-13)20(18,19)12-5-4-10(14)8-11(12)15/h4-5,8,17H,2-3,6-7,9H2,1H3. The number of hydrogen-bond acceptors (Lipinski definition) is 3. The van der Waals surface area contributed by atoms with Crippen molar-refractivity contribution in [3.63, 3.8) is 0 Å². The topological polar surface area (TPSA) is 57.6 Å². The number of sulfonamides is 1. The van der Waals surface area contributed by atoms with Crippen LogP contribution in [0.15, 0.2) is 27.6 Å². The number of likely N-dealkylation sites (N-methyl/N-ethyl adjacent to an activating group) is 1. The maximum absolute atomic E-state index is 12.5. The van der Waals surface area contributed by atoms with Gasteiger partial charge in [0.1, 0.15) is 4.90 Å². The van der Waals surface area contributed by atoms with Crippen LogP contribution in [0, 0.1) is 0 Å². The molecule has 0 aliphatic heterocycles. The smallest absolute Gasteiger partial charge is 0.244 e. The van der Waals surface area contributed by atoms with E-state index in [0.29, 0.717) is 12.8 Å². The van der Waals surface area contributed by atoms with Crippen LogP contribution in [0.3, 0.4) is 0 Å². The van der Waals surface area contributed by atoms with E-state index in [4.69, 9.17) is 11.6 Å². The lowest BCUT2D eigenvalue weighted by molar-refractivity contribution is 0.0333. The SMILES string of the molecule is CN(CC1(O)CCCC1)S(=O)(=O)c1ccc(Br)cc1Cl. The number of halogens is 2. The van der Waals surface area contributed by atoms with E-state index in [2.05, 4.69) is 15.9 Å². The fourth-order valence-corrected chi connectivity index (χ4v) is 4.80. The van der Waals surface area contributed by atoms with Crippen molar-refractivity contribution >= 4 is 37.6 Å². The molecule has 0 aromatic heterocycles. The monoisotopic (exact) mass is 381 g/mol. The Morgan fingerprint density at radius 1 is 1.40 bits per heavy atom. The van der Waals surface area contributed by atoms with Crippen LogP contribution < -0.4 is 0 Å². The van der Waals surface area contributed by atoms with Gasteiger partial charge >= 0.3 is 0 Å². The van der Waals surface area contributed by atoms with Crippen molar-refractivity contribution in [2.75, 3.05) is 13.6 Å². The molecule has 0 bridgehead atoms. The van der Waals surface area contributed by atoms with E-state index >= 15 is 0 Å². The molecule has 0 atom stereocenters. The quantitative estimate of drug-likeness (QED) is 0.871. The number of aliphatic hydroxyl groups is 1. The third-order valence-corrected chi connectivity index (χ3v) is 6.41. The molecule has 0 radical (unpaired) electrons. The molecule has 7 heteroatoms. The van der Waals surface area contributed by atoms with Gasteiger partial charge in [-0.15, -0.1) is 0 Å². The van der Waals surface area contributed by atoms with Gasteiger partial charge in [-0.25, -0.2) is 8.42 Å². The first-order valence-electron chi connectivity index (χ1n) is 6.38. The molecule has 0 spiro atoms. The molecule has 0 heterocycles. The predicted molar refractivity (Wildman–Crippen MR) is 82.4 cm³/mol. The zero-order chi connectivity index (χ0) is 15.0. The summed E-state index contributed by atoms with van der Waals surface area (Å²) in [7, 11) is -2.22. The second kappa shape index (κ2) is 5.93. The molecule has 1 aliphatic rings. The van der Waals surface area contributed by atoms with Gasteiger partial charge in [0.05, 0.1) is 10.6 Å². The lowest BCUT2D eigenvalue weighted by Gasteiger charge is -2.28. The van der Waals surface area contributed by atoms with Gasteiger partial charge in [-0.05, 0) is 31.0 Å². The molecule has 1 fully saturated rings. The summed E-state index contributed by atoms with van der Waals surface area (Å²) in [5.41, 5.74) is -0.913. The van der Waals surface area contributed by atoms with Gasteiger partial charge in [0, 0.05) is 18.1 Å². The molecule has 4 nitrogen and oxygen atoms in total. The zero-order valence-corrected chi connectivity index (χ0v) is 14.3. The van der Waals surface area contributed by atoms with Gasteiger partial charge < -0.3 is 5.11 Å². The van der Waals surface area contributed by atoms with Crippen LogP contribution in [-0.2, 0) is 10.0 Å². The van der Waals surface area contributed by atoms with Gasteiger partial charge in [0.2, 0.25) is 10.0 Å². The molecule has 1 aliphatic carbocycles. The van der Waals surface area contributed by atoms with Crippen LogP contribution in [0.4, 0.5) is 0 Å². The third kappa shape index (κ3) is 3.36. The molecule has 1 aromatic rings. The van der Waals surface area contributed by atoms with Gasteiger partial charge in [0.25, 0.3) is 0 Å². The van der Waals surface area contributed by atoms with Crippen LogP contribution in [0.25, 0.3) is 0 Å². The highest BCUT2D eigenvalue weighted by Crippen LogP contribution is 2.32. The average molecular weight is 383 g/mol. The maximum Gasteiger partial charge on any atom is 0.244 e. The summed E-state index contributed by atoms with van der Waals surface area (Å²) in [5, 5.41) is 10.5. The molecule has 1 N–H and O–H groups in total. The lowest BCUT2D eigenvalue weighted by Crippen LogP contribution is -2.42. The fraction of sp³-hybridized carbons (Fsp3) is 0.538. The lowest BCUT2D eigenvalue weighted by atomic mass is 10.0. The zero-order valence-electron chi connectivity index (χ0n) is 11.1. The van der Waals surface area contributed by atoms with Crippen molar-refractivity contribution in [2.45, 2.75) is 36.2 Å². The van der Waals surface area contributed by atoms with Crippen LogP contribution in [-0.4, -0.2) is 37.0 Å². The van der Waals surface area contributed by atoms with E-state index in [0.717, 1.165) is 17.3 Å². The molecule has 2 rings (SSSR count). The van der Waals surface area contributed by atoms with Gasteiger partial charge in [-0.3, -0.25) is 0 Å². The molecule has 112 valence electrons. The number of benzene rings is 1. The van der Waals surface area contributed by atoms with Crippen molar-refractivity contribution in [3.8, 4) is 0 Å². The molecule has 20 heavy (non-hydrogen) atoms. The maximum atomic E-state index is 12.5. The average Bonchev–Trinajstić information content (AvgIpc) is 2.75. The predicted octanol–water partition coefficient (Wildman–Crippen LogP) is 3.03. The summed E-state index contributed by atoms with van der Waals surface area (Å²) in [5.74, 6) is 0. The first-order chi connectivity index (χ1) is 9.24. The highest BCUT2D eigenvalue weighted by Gasteiger charge is 2.36. The van der Waals surface area contributed by atoms with E-state index in [1.807, 2.05) is 0 Å². The van der Waals surface area contributed by atoms with Crippen molar-refractivity contribution in [1.82, 2.24) is 4.31 Å². The Morgan fingerprint density at radius 2 is 2.00 bits per heavy atom. The number of nitrogens with zero attached hydrogens (tertiary/aromatic N) is 1. The Hall–Kier alpha value is -0.140. The van der Waals surface area contributed by atoms with Crippen LogP contribution >= 0.6 is 27.5 Å². The van der Waals surface area contributed by atoms with Gasteiger partial charge in [-0.1, -0.05) is 40.4 Å². The molecule has 0 amide bonds. The second-order valence-corrected chi connectivity index (χ2v) is 8.60. The molecule has 1 saturated carbocycles. The highest BCUT2D eigenvalue weighted by molar-refractivity contribution is 9.10. The molecule has 1 aromatic carbocycles. The summed E-state index contributed by atoms with van der Waals surface area (Å²) in [6.45, 7) is 0.0989. The van der Waals surface area contributed by atoms with Crippen LogP contribution in [0.2, 0.25) is 5.02 Å². The Kier molecular flexibility index (Phi) is 4.81. The summed E-state index contributed by atoms with van der Waals surface area (Å²) in [6.07, 6.45) is 3.15. The van der Waals surface area contributed by atoms with E-state index in [9.17, 15) is 13.5 Å². The van der Waals surface area contributed by atoms with Crippen molar-refractivity contribution in [1.29, 1.82) is 0 Å². The summed E-state index contributed by atoms with van der Waals surface area (Å²) in [4.78, 5) is 0.0615. The second-order valence-electron chi connectivity index (χ2n) is 5.27. The Bertz CT molecular complexity index is 600.